The molecule has 0 bridgehead atoms. The molecule has 1 aliphatic carbocycles. The first kappa shape index (κ1) is 19.3. The second kappa shape index (κ2) is 7.94. The first-order valence-electron chi connectivity index (χ1n) is 11.5. The molecule has 0 atom stereocenters. The number of rotatable bonds is 6. The average molecular weight is 429 g/mol. The lowest BCUT2D eigenvalue weighted by Crippen LogP contribution is -2.32. The van der Waals surface area contributed by atoms with Crippen LogP contribution >= 0.6 is 0 Å². The summed E-state index contributed by atoms with van der Waals surface area (Å²) in [4.78, 5) is 7.08. The predicted octanol–water partition coefficient (Wildman–Crippen LogP) is 4.04. The molecule has 164 valence electrons. The molecule has 1 aromatic carbocycles. The van der Waals surface area contributed by atoms with Gasteiger partial charge in [-0.05, 0) is 61.9 Å². The number of hydrogen-bond donors (Lipinski definition) is 3. The molecule has 2 fully saturated rings. The van der Waals surface area contributed by atoms with E-state index < -0.39 is 0 Å². The summed E-state index contributed by atoms with van der Waals surface area (Å²) in [5, 5.41) is 15.4. The van der Waals surface area contributed by atoms with Crippen LogP contribution in [-0.2, 0) is 6.54 Å². The first-order chi connectivity index (χ1) is 15.7. The number of H-pyrrole nitrogens is 1. The Labute approximate surface area is 186 Å². The van der Waals surface area contributed by atoms with Gasteiger partial charge in [-0.15, -0.1) is 5.10 Å². The number of nitrogens with one attached hydrogen (secondary N) is 2. The SMILES string of the molecule is Nc1nc(Nc2cc(C3CC3)[nH]n2)c2c(C3CCN(Cc4ccccc4)CC3)ccn2n1. The zero-order chi connectivity index (χ0) is 21.5. The first-order valence-corrected chi connectivity index (χ1v) is 11.5. The summed E-state index contributed by atoms with van der Waals surface area (Å²) in [6, 6.07) is 15.0. The van der Waals surface area contributed by atoms with Gasteiger partial charge in [0.1, 0.15) is 5.52 Å². The summed E-state index contributed by atoms with van der Waals surface area (Å²) in [5.74, 6) is 2.84. The van der Waals surface area contributed by atoms with Gasteiger partial charge < -0.3 is 11.1 Å². The fourth-order valence-corrected chi connectivity index (χ4v) is 4.85. The van der Waals surface area contributed by atoms with Gasteiger partial charge in [-0.1, -0.05) is 30.3 Å². The molecule has 4 heterocycles. The number of nitrogen functional groups attached to an aromatic ring is 1. The minimum absolute atomic E-state index is 0.248. The number of aromatic nitrogens is 5. The molecule has 2 aliphatic rings. The van der Waals surface area contributed by atoms with Gasteiger partial charge in [-0.3, -0.25) is 10.00 Å². The molecule has 8 heteroatoms. The highest BCUT2D eigenvalue weighted by molar-refractivity contribution is 5.77. The Balaban J connectivity index is 1.22. The van der Waals surface area contributed by atoms with Gasteiger partial charge in [0.25, 0.3) is 0 Å². The molecule has 1 saturated heterocycles. The second-order valence-corrected chi connectivity index (χ2v) is 9.03. The van der Waals surface area contributed by atoms with E-state index in [0.29, 0.717) is 11.8 Å². The number of aromatic amines is 1. The monoisotopic (exact) mass is 428 g/mol. The maximum absolute atomic E-state index is 6.00. The Morgan fingerprint density at radius 2 is 1.84 bits per heavy atom. The molecule has 3 aromatic heterocycles. The van der Waals surface area contributed by atoms with E-state index >= 15 is 0 Å². The van der Waals surface area contributed by atoms with Crippen LogP contribution in [0.25, 0.3) is 5.52 Å². The topological polar surface area (TPSA) is 100 Å². The van der Waals surface area contributed by atoms with Crippen LogP contribution in [-0.4, -0.2) is 42.8 Å². The molecule has 0 spiro atoms. The predicted molar refractivity (Wildman–Crippen MR) is 125 cm³/mol. The van der Waals surface area contributed by atoms with Crippen molar-refractivity contribution in [2.45, 2.75) is 44.1 Å². The van der Waals surface area contributed by atoms with Gasteiger partial charge in [-0.25, -0.2) is 4.52 Å². The van der Waals surface area contributed by atoms with E-state index in [1.54, 1.807) is 0 Å². The zero-order valence-corrected chi connectivity index (χ0v) is 18.0. The molecule has 1 aliphatic heterocycles. The summed E-state index contributed by atoms with van der Waals surface area (Å²) < 4.78 is 1.85. The number of nitrogens with zero attached hydrogens (tertiary/aromatic N) is 5. The lowest BCUT2D eigenvalue weighted by Gasteiger charge is -2.32. The highest BCUT2D eigenvalue weighted by atomic mass is 15.3. The van der Waals surface area contributed by atoms with Crippen molar-refractivity contribution in [3.05, 3.63) is 65.5 Å². The fourth-order valence-electron chi connectivity index (χ4n) is 4.85. The third-order valence-electron chi connectivity index (χ3n) is 6.70. The Bertz CT molecular complexity index is 1220. The lowest BCUT2D eigenvalue weighted by atomic mass is 9.90. The molecule has 1 saturated carbocycles. The Morgan fingerprint density at radius 1 is 1.03 bits per heavy atom. The summed E-state index contributed by atoms with van der Waals surface area (Å²) >= 11 is 0. The Kier molecular flexibility index (Phi) is 4.79. The highest BCUT2D eigenvalue weighted by Gasteiger charge is 2.27. The van der Waals surface area contributed by atoms with E-state index in [1.165, 1.54) is 29.7 Å². The van der Waals surface area contributed by atoms with Crippen LogP contribution in [0.2, 0.25) is 0 Å². The molecule has 4 aromatic rings. The smallest absolute Gasteiger partial charge is 0.240 e. The van der Waals surface area contributed by atoms with E-state index in [2.05, 4.69) is 73.0 Å². The van der Waals surface area contributed by atoms with Crippen LogP contribution in [0.15, 0.2) is 48.7 Å². The van der Waals surface area contributed by atoms with Crippen LogP contribution in [0.3, 0.4) is 0 Å². The largest absolute Gasteiger partial charge is 0.366 e. The van der Waals surface area contributed by atoms with Crippen LogP contribution < -0.4 is 11.1 Å². The minimum Gasteiger partial charge on any atom is -0.366 e. The van der Waals surface area contributed by atoms with E-state index in [9.17, 15) is 0 Å². The summed E-state index contributed by atoms with van der Waals surface area (Å²) in [6.45, 7) is 3.18. The highest BCUT2D eigenvalue weighted by Crippen LogP contribution is 2.40. The summed E-state index contributed by atoms with van der Waals surface area (Å²) in [5.41, 5.74) is 10.8. The molecule has 0 unspecified atom stereocenters. The maximum atomic E-state index is 6.00. The van der Waals surface area contributed by atoms with Gasteiger partial charge in [-0.2, -0.15) is 10.1 Å². The number of likely N-dealkylation sites (tertiary alicyclic amines) is 1. The molecule has 4 N–H and O–H groups in total. The minimum atomic E-state index is 0.248. The number of anilines is 3. The van der Waals surface area contributed by atoms with Crippen molar-refractivity contribution in [2.24, 2.45) is 0 Å². The summed E-state index contributed by atoms with van der Waals surface area (Å²) in [7, 11) is 0. The van der Waals surface area contributed by atoms with Crippen LogP contribution in [0.4, 0.5) is 17.6 Å². The molecule has 32 heavy (non-hydrogen) atoms. The van der Waals surface area contributed by atoms with Crippen LogP contribution in [0.5, 0.6) is 0 Å². The molecular weight excluding hydrogens is 400 g/mol. The number of nitrogens with two attached hydrogens (primary N) is 1. The number of benzene rings is 1. The van der Waals surface area contributed by atoms with Gasteiger partial charge in [0, 0.05) is 30.4 Å². The van der Waals surface area contributed by atoms with Crippen LogP contribution in [0, 0.1) is 0 Å². The van der Waals surface area contributed by atoms with Gasteiger partial charge >= 0.3 is 0 Å². The van der Waals surface area contributed by atoms with Crippen LogP contribution in [0.1, 0.15) is 54.3 Å². The number of piperidine rings is 1. The quantitative estimate of drug-likeness (QED) is 0.429. The van der Waals surface area contributed by atoms with Gasteiger partial charge in [0.2, 0.25) is 5.95 Å². The normalized spacial score (nSPS) is 17.8. The number of fused-ring (bicyclic) bond motifs is 1. The molecule has 8 nitrogen and oxygen atoms in total. The Morgan fingerprint density at radius 3 is 2.62 bits per heavy atom. The van der Waals surface area contributed by atoms with Crippen molar-refractivity contribution in [3.8, 4) is 0 Å². The van der Waals surface area contributed by atoms with Crippen molar-refractivity contribution in [3.63, 3.8) is 0 Å². The van der Waals surface area contributed by atoms with E-state index in [-0.39, 0.29) is 5.95 Å². The summed E-state index contributed by atoms with van der Waals surface area (Å²) in [6.07, 6.45) is 6.69. The van der Waals surface area contributed by atoms with E-state index in [0.717, 1.165) is 49.6 Å². The lowest BCUT2D eigenvalue weighted by molar-refractivity contribution is 0.205. The fraction of sp³-hybridized carbons (Fsp3) is 0.375. The Hall–Kier alpha value is -3.39. The van der Waals surface area contributed by atoms with E-state index in [1.807, 2.05) is 10.7 Å². The maximum Gasteiger partial charge on any atom is 0.240 e. The van der Waals surface area contributed by atoms with Crippen molar-refractivity contribution >= 4 is 23.1 Å². The van der Waals surface area contributed by atoms with Crippen molar-refractivity contribution in [2.75, 3.05) is 24.1 Å². The third-order valence-corrected chi connectivity index (χ3v) is 6.70. The standard InChI is InChI=1S/C24H28N8/c25-24-27-23(26-21-14-20(28-29-21)18-6-7-18)22-19(10-13-32(22)30-24)17-8-11-31(12-9-17)15-16-4-2-1-3-5-16/h1-5,10,13-14,17-18H,6-9,11-12,15H2,(H4,25,26,27,28,29,30). The van der Waals surface area contributed by atoms with E-state index in [4.69, 9.17) is 5.73 Å². The molecule has 0 amide bonds. The molecular formula is C24H28N8. The average Bonchev–Trinajstić information content (AvgIpc) is 3.40. The van der Waals surface area contributed by atoms with Crippen molar-refractivity contribution in [1.29, 1.82) is 0 Å². The van der Waals surface area contributed by atoms with Crippen molar-refractivity contribution in [1.82, 2.24) is 29.7 Å². The number of hydrogen-bond acceptors (Lipinski definition) is 6. The van der Waals surface area contributed by atoms with Gasteiger partial charge in [0.15, 0.2) is 11.6 Å². The third kappa shape index (κ3) is 3.82. The van der Waals surface area contributed by atoms with Gasteiger partial charge in [0.05, 0.1) is 0 Å². The van der Waals surface area contributed by atoms with Crippen molar-refractivity contribution < 1.29 is 0 Å². The molecule has 0 radical (unpaired) electrons. The zero-order valence-electron chi connectivity index (χ0n) is 18.0. The second-order valence-electron chi connectivity index (χ2n) is 9.03. The molecule has 6 rings (SSSR count).